The Kier molecular flexibility index (Phi) is 4.76. The molecule has 2 aliphatic rings. The van der Waals surface area contributed by atoms with E-state index in [2.05, 4.69) is 10.2 Å². The standard InChI is InChI=1S/C23H23ClN4O/c24-17-10-11-21(27-12-4-5-13-27)20(14-17)25-23(29)22-15-19(16-8-9-16)26-28(22)18-6-2-1-3-7-18/h1-3,6-7,10-11,14-16H,4-5,8-9,12-13H2,(H,25,29). The first-order valence-corrected chi connectivity index (χ1v) is 10.6. The zero-order valence-electron chi connectivity index (χ0n) is 16.1. The minimum Gasteiger partial charge on any atom is -0.370 e. The lowest BCUT2D eigenvalue weighted by Crippen LogP contribution is -2.22. The topological polar surface area (TPSA) is 50.2 Å². The Balaban J connectivity index is 1.49. The minimum absolute atomic E-state index is 0.170. The number of carbonyl (C=O) groups is 1. The van der Waals surface area contributed by atoms with E-state index in [1.807, 2.05) is 54.6 Å². The summed E-state index contributed by atoms with van der Waals surface area (Å²) in [6.07, 6.45) is 4.61. The number of benzene rings is 2. The SMILES string of the molecule is O=C(Nc1cc(Cl)ccc1N1CCCC1)c1cc(C2CC2)nn1-c1ccccc1. The van der Waals surface area contributed by atoms with Gasteiger partial charge in [-0.05, 0) is 62.1 Å². The Labute approximate surface area is 175 Å². The molecule has 5 rings (SSSR count). The molecule has 0 atom stereocenters. The lowest BCUT2D eigenvalue weighted by atomic mass is 10.2. The Hall–Kier alpha value is -2.79. The van der Waals surface area contributed by atoms with Crippen molar-refractivity contribution in [2.24, 2.45) is 0 Å². The molecule has 0 radical (unpaired) electrons. The van der Waals surface area contributed by atoms with E-state index in [1.165, 1.54) is 12.8 Å². The summed E-state index contributed by atoms with van der Waals surface area (Å²) in [6.45, 7) is 2.00. The van der Waals surface area contributed by atoms with E-state index < -0.39 is 0 Å². The number of hydrogen-bond donors (Lipinski definition) is 1. The van der Waals surface area contributed by atoms with E-state index in [9.17, 15) is 4.79 Å². The number of anilines is 2. The summed E-state index contributed by atoms with van der Waals surface area (Å²) >= 11 is 6.25. The van der Waals surface area contributed by atoms with E-state index in [-0.39, 0.29) is 5.91 Å². The number of carbonyl (C=O) groups excluding carboxylic acids is 1. The number of hydrogen-bond acceptors (Lipinski definition) is 3. The van der Waals surface area contributed by atoms with E-state index in [0.717, 1.165) is 48.7 Å². The predicted octanol–water partition coefficient (Wildman–Crippen LogP) is 5.26. The third-order valence-electron chi connectivity index (χ3n) is 5.61. The number of aromatic nitrogens is 2. The molecule has 2 heterocycles. The van der Waals surface area contributed by atoms with Gasteiger partial charge in [0.25, 0.3) is 5.91 Å². The van der Waals surface area contributed by atoms with E-state index in [4.69, 9.17) is 16.7 Å². The highest BCUT2D eigenvalue weighted by Gasteiger charge is 2.29. The average molecular weight is 407 g/mol. The Morgan fingerprint density at radius 2 is 1.79 bits per heavy atom. The van der Waals surface area contributed by atoms with Gasteiger partial charge in [0, 0.05) is 24.0 Å². The molecule has 1 aliphatic carbocycles. The van der Waals surface area contributed by atoms with Gasteiger partial charge in [-0.2, -0.15) is 5.10 Å². The number of para-hydroxylation sites is 1. The van der Waals surface area contributed by atoms with Gasteiger partial charge in [0.15, 0.2) is 0 Å². The highest BCUT2D eigenvalue weighted by Crippen LogP contribution is 2.40. The fraction of sp³-hybridized carbons (Fsp3) is 0.304. The second-order valence-corrected chi connectivity index (χ2v) is 8.22. The Morgan fingerprint density at radius 1 is 1.03 bits per heavy atom. The highest BCUT2D eigenvalue weighted by molar-refractivity contribution is 6.31. The maximum Gasteiger partial charge on any atom is 0.274 e. The molecule has 29 heavy (non-hydrogen) atoms. The molecular formula is C23H23ClN4O. The maximum atomic E-state index is 13.3. The van der Waals surface area contributed by atoms with Crippen molar-refractivity contribution in [3.8, 4) is 5.69 Å². The largest absolute Gasteiger partial charge is 0.370 e. The van der Waals surface area contributed by atoms with Gasteiger partial charge in [0.2, 0.25) is 0 Å². The molecule has 1 saturated heterocycles. The van der Waals surface area contributed by atoms with Gasteiger partial charge in [-0.3, -0.25) is 4.79 Å². The molecule has 0 bridgehead atoms. The third-order valence-corrected chi connectivity index (χ3v) is 5.85. The molecule has 1 saturated carbocycles. The second-order valence-electron chi connectivity index (χ2n) is 7.79. The van der Waals surface area contributed by atoms with Crippen LogP contribution in [0.2, 0.25) is 5.02 Å². The molecular weight excluding hydrogens is 384 g/mol. The quantitative estimate of drug-likeness (QED) is 0.629. The average Bonchev–Trinajstić information content (AvgIpc) is 3.26. The van der Waals surface area contributed by atoms with Crippen LogP contribution in [-0.2, 0) is 0 Å². The molecule has 3 aromatic rings. The summed E-state index contributed by atoms with van der Waals surface area (Å²) in [6, 6.07) is 17.4. The van der Waals surface area contributed by atoms with Crippen LogP contribution in [0.25, 0.3) is 5.69 Å². The predicted molar refractivity (Wildman–Crippen MR) is 116 cm³/mol. The highest BCUT2D eigenvalue weighted by atomic mass is 35.5. The minimum atomic E-state index is -0.170. The monoisotopic (exact) mass is 406 g/mol. The second kappa shape index (κ2) is 7.56. The van der Waals surface area contributed by atoms with E-state index in [0.29, 0.717) is 16.6 Å². The van der Waals surface area contributed by atoms with Gasteiger partial charge in [0.1, 0.15) is 5.69 Å². The molecule has 0 spiro atoms. The van der Waals surface area contributed by atoms with Crippen molar-refractivity contribution in [2.45, 2.75) is 31.6 Å². The molecule has 5 nitrogen and oxygen atoms in total. The summed E-state index contributed by atoms with van der Waals surface area (Å²) in [5.74, 6) is 0.300. The van der Waals surface area contributed by atoms with Crippen LogP contribution in [0.1, 0.15) is 47.8 Å². The zero-order valence-corrected chi connectivity index (χ0v) is 16.9. The first kappa shape index (κ1) is 18.3. The van der Waals surface area contributed by atoms with Crippen molar-refractivity contribution in [1.29, 1.82) is 0 Å². The van der Waals surface area contributed by atoms with Crippen LogP contribution < -0.4 is 10.2 Å². The molecule has 0 unspecified atom stereocenters. The zero-order chi connectivity index (χ0) is 19.8. The fourth-order valence-corrected chi connectivity index (χ4v) is 4.11. The van der Waals surface area contributed by atoms with E-state index in [1.54, 1.807) is 4.68 Å². The molecule has 2 fully saturated rings. The van der Waals surface area contributed by atoms with Gasteiger partial charge in [-0.15, -0.1) is 0 Å². The summed E-state index contributed by atoms with van der Waals surface area (Å²) in [5.41, 5.74) is 4.19. The molecule has 1 aliphatic heterocycles. The molecule has 148 valence electrons. The van der Waals surface area contributed by atoms with Crippen LogP contribution in [0, 0.1) is 0 Å². The first-order chi connectivity index (χ1) is 14.2. The fourth-order valence-electron chi connectivity index (χ4n) is 3.93. The number of nitrogens with one attached hydrogen (secondary N) is 1. The number of amides is 1. The van der Waals surface area contributed by atoms with Gasteiger partial charge in [-0.1, -0.05) is 29.8 Å². The normalized spacial score (nSPS) is 16.2. The molecule has 1 N–H and O–H groups in total. The van der Waals surface area contributed by atoms with Crippen molar-refractivity contribution in [3.63, 3.8) is 0 Å². The number of halogens is 1. The molecule has 2 aromatic carbocycles. The number of rotatable bonds is 5. The van der Waals surface area contributed by atoms with Gasteiger partial charge in [0.05, 0.1) is 22.8 Å². The summed E-state index contributed by atoms with van der Waals surface area (Å²) in [4.78, 5) is 15.6. The van der Waals surface area contributed by atoms with Crippen LogP contribution in [0.4, 0.5) is 11.4 Å². The smallest absolute Gasteiger partial charge is 0.274 e. The summed E-state index contributed by atoms with van der Waals surface area (Å²) in [5, 5.41) is 8.45. The van der Waals surface area contributed by atoms with Crippen molar-refractivity contribution in [1.82, 2.24) is 9.78 Å². The van der Waals surface area contributed by atoms with Crippen LogP contribution in [0.15, 0.2) is 54.6 Å². The Morgan fingerprint density at radius 3 is 2.52 bits per heavy atom. The van der Waals surface area contributed by atoms with Crippen LogP contribution in [0.3, 0.4) is 0 Å². The van der Waals surface area contributed by atoms with Crippen molar-refractivity contribution in [2.75, 3.05) is 23.3 Å². The van der Waals surface area contributed by atoms with Gasteiger partial charge >= 0.3 is 0 Å². The molecule has 6 heteroatoms. The molecule has 1 amide bonds. The third kappa shape index (κ3) is 3.75. The van der Waals surface area contributed by atoms with Crippen LogP contribution in [-0.4, -0.2) is 28.8 Å². The maximum absolute atomic E-state index is 13.3. The summed E-state index contributed by atoms with van der Waals surface area (Å²) < 4.78 is 1.75. The van der Waals surface area contributed by atoms with Gasteiger partial charge < -0.3 is 10.2 Å². The lowest BCUT2D eigenvalue weighted by Gasteiger charge is -2.22. The number of nitrogens with zero attached hydrogens (tertiary/aromatic N) is 3. The Bertz CT molecular complexity index is 1040. The lowest BCUT2D eigenvalue weighted by molar-refractivity contribution is 0.101. The van der Waals surface area contributed by atoms with E-state index >= 15 is 0 Å². The molecule has 1 aromatic heterocycles. The van der Waals surface area contributed by atoms with Crippen LogP contribution >= 0.6 is 11.6 Å². The first-order valence-electron chi connectivity index (χ1n) is 10.2. The van der Waals surface area contributed by atoms with Crippen molar-refractivity contribution >= 4 is 28.9 Å². The van der Waals surface area contributed by atoms with Gasteiger partial charge in [-0.25, -0.2) is 4.68 Å². The van der Waals surface area contributed by atoms with Crippen molar-refractivity contribution < 1.29 is 4.79 Å². The summed E-state index contributed by atoms with van der Waals surface area (Å²) in [7, 11) is 0. The van der Waals surface area contributed by atoms with Crippen LogP contribution in [0.5, 0.6) is 0 Å². The van der Waals surface area contributed by atoms with Crippen molar-refractivity contribution in [3.05, 3.63) is 71.0 Å².